The molecule has 0 saturated heterocycles. The first kappa shape index (κ1) is 50.4. The first-order chi connectivity index (χ1) is 45.2. The summed E-state index contributed by atoms with van der Waals surface area (Å²) < 4.78 is 0. The summed E-state index contributed by atoms with van der Waals surface area (Å²) in [5.41, 5.74) is 30.6. The minimum Gasteiger partial charge on any atom is -0.309 e. The summed E-state index contributed by atoms with van der Waals surface area (Å²) >= 11 is 0. The van der Waals surface area contributed by atoms with Gasteiger partial charge in [0.15, 0.2) is 0 Å². The van der Waals surface area contributed by atoms with Gasteiger partial charge < -0.3 is 9.80 Å². The molecule has 0 aromatic heterocycles. The van der Waals surface area contributed by atoms with Crippen LogP contribution in [0.4, 0.5) is 34.1 Å². The quantitative estimate of drug-likeness (QED) is 0.159. The van der Waals surface area contributed by atoms with Crippen molar-refractivity contribution in [2.24, 2.45) is 0 Å². The van der Waals surface area contributed by atoms with Gasteiger partial charge in [-0.3, -0.25) is 0 Å². The van der Waals surface area contributed by atoms with Crippen molar-refractivity contribution in [2.75, 3.05) is 9.80 Å². The van der Waals surface area contributed by atoms with Gasteiger partial charge in [0.05, 0.1) is 50.4 Å². The minimum absolute atomic E-state index is 0.558. The third kappa shape index (κ3) is 6.31. The van der Waals surface area contributed by atoms with Crippen molar-refractivity contribution in [3.8, 4) is 44.5 Å². The standard InChI is InChI=1S/C89H56N2/c1-3-28-57(29-4-1)87(58-30-5-2-6-31-58)70-41-12-11-36-63(70)66-39-25-40-67(86(66)87)85-64-37-26-54-79(90-81-50-21-17-46-75(81)88(76-47-18-22-51-82(76)90)71-42-13-7-32-59(71)60-33-8-14-43-72(60)88)68(64)56-69-65(85)38-27-55-80(69)91-83-52-23-19-48-77(83)89(78-49-20-24-53-84(78)91)73-44-15-9-34-61(73)62-35-10-16-45-74(62)89/h1-56H. The van der Waals surface area contributed by atoms with Gasteiger partial charge in [0, 0.05) is 10.8 Å². The van der Waals surface area contributed by atoms with Crippen LogP contribution in [-0.2, 0) is 16.2 Å². The zero-order valence-corrected chi connectivity index (χ0v) is 49.7. The number of nitrogens with zero attached hydrogens (tertiary/aromatic N) is 2. The van der Waals surface area contributed by atoms with Crippen LogP contribution in [0.1, 0.15) is 66.8 Å². The van der Waals surface area contributed by atoms with Crippen molar-refractivity contribution in [2.45, 2.75) is 16.2 Å². The van der Waals surface area contributed by atoms with E-state index in [1.807, 2.05) is 0 Å². The maximum absolute atomic E-state index is 2.60. The van der Waals surface area contributed by atoms with E-state index in [-0.39, 0.29) is 0 Å². The fourth-order valence-electron chi connectivity index (χ4n) is 18.2. The lowest BCUT2D eigenvalue weighted by atomic mass is 9.64. The summed E-state index contributed by atoms with van der Waals surface area (Å²) in [6, 6.07) is 129. The van der Waals surface area contributed by atoms with Crippen LogP contribution in [0.3, 0.4) is 0 Å². The van der Waals surface area contributed by atoms with Crippen LogP contribution in [0.15, 0.2) is 340 Å². The second-order valence-electron chi connectivity index (χ2n) is 25.2. The van der Waals surface area contributed by atoms with Crippen LogP contribution < -0.4 is 9.80 Å². The molecule has 0 N–H and O–H groups in total. The van der Waals surface area contributed by atoms with E-state index in [9.17, 15) is 0 Å². The molecule has 0 unspecified atom stereocenters. The van der Waals surface area contributed by atoms with Crippen LogP contribution in [0, 0.1) is 0 Å². The number of anilines is 6. The maximum atomic E-state index is 2.60. The Balaban J connectivity index is 0.923. The first-order valence-electron chi connectivity index (χ1n) is 31.9. The van der Waals surface area contributed by atoms with Crippen molar-refractivity contribution in [3.63, 3.8) is 0 Å². The molecule has 2 heteroatoms. The van der Waals surface area contributed by atoms with E-state index in [0.717, 1.165) is 22.1 Å². The van der Waals surface area contributed by atoms with E-state index in [0.29, 0.717) is 0 Å². The lowest BCUT2D eigenvalue weighted by Gasteiger charge is -2.45. The molecule has 15 aromatic carbocycles. The van der Waals surface area contributed by atoms with E-state index in [1.54, 1.807) is 0 Å². The van der Waals surface area contributed by atoms with Crippen molar-refractivity contribution in [3.05, 3.63) is 406 Å². The van der Waals surface area contributed by atoms with E-state index in [2.05, 4.69) is 350 Å². The van der Waals surface area contributed by atoms with Gasteiger partial charge >= 0.3 is 0 Å². The molecule has 0 amide bonds. The van der Waals surface area contributed by atoms with Gasteiger partial charge in [-0.2, -0.15) is 0 Å². The Morgan fingerprint density at radius 2 is 0.440 bits per heavy atom. The molecule has 15 aromatic rings. The molecular weight excluding hydrogens is 1100 g/mol. The highest BCUT2D eigenvalue weighted by Crippen LogP contribution is 2.67. The fourth-order valence-corrected chi connectivity index (χ4v) is 18.2. The molecule has 3 aliphatic carbocycles. The predicted octanol–water partition coefficient (Wildman–Crippen LogP) is 22.3. The lowest BCUT2D eigenvalue weighted by Crippen LogP contribution is -2.36. The third-order valence-electron chi connectivity index (χ3n) is 21.3. The van der Waals surface area contributed by atoms with Crippen LogP contribution in [0.25, 0.3) is 66.1 Å². The molecule has 91 heavy (non-hydrogen) atoms. The number of hydrogen-bond donors (Lipinski definition) is 0. The first-order valence-corrected chi connectivity index (χ1v) is 31.9. The molecule has 5 aliphatic rings. The van der Waals surface area contributed by atoms with Crippen molar-refractivity contribution >= 4 is 55.7 Å². The van der Waals surface area contributed by atoms with Gasteiger partial charge in [-0.05, 0) is 165 Å². The van der Waals surface area contributed by atoms with E-state index in [4.69, 9.17) is 0 Å². The summed E-state index contributed by atoms with van der Waals surface area (Å²) in [6.07, 6.45) is 0. The molecule has 0 saturated carbocycles. The summed E-state index contributed by atoms with van der Waals surface area (Å²) in [5.74, 6) is 0. The minimum atomic E-state index is -0.672. The summed E-state index contributed by atoms with van der Waals surface area (Å²) in [5, 5.41) is 4.70. The van der Waals surface area contributed by atoms with Crippen LogP contribution >= 0.6 is 0 Å². The van der Waals surface area contributed by atoms with Crippen LogP contribution in [-0.4, -0.2) is 0 Å². The van der Waals surface area contributed by atoms with Gasteiger partial charge in [0.1, 0.15) is 0 Å². The average molecular weight is 1150 g/mol. The Morgan fingerprint density at radius 1 is 0.176 bits per heavy atom. The number of para-hydroxylation sites is 4. The Morgan fingerprint density at radius 3 is 0.813 bits per heavy atom. The van der Waals surface area contributed by atoms with E-state index < -0.39 is 16.2 Å². The fraction of sp³-hybridized carbons (Fsp3) is 0.0337. The summed E-state index contributed by atoms with van der Waals surface area (Å²) in [4.78, 5) is 5.21. The van der Waals surface area contributed by atoms with E-state index >= 15 is 0 Å². The average Bonchev–Trinajstić information content (AvgIpc) is 1.63. The normalized spacial score (nSPS) is 14.8. The van der Waals surface area contributed by atoms with E-state index in [1.165, 1.54) is 145 Å². The molecule has 0 radical (unpaired) electrons. The molecule has 20 rings (SSSR count). The van der Waals surface area contributed by atoms with Crippen molar-refractivity contribution < 1.29 is 0 Å². The Hall–Kier alpha value is -11.6. The number of fused-ring (bicyclic) bond motifs is 23. The second kappa shape index (κ2) is 18.7. The molecule has 2 spiro atoms. The van der Waals surface area contributed by atoms with Crippen molar-refractivity contribution in [1.29, 1.82) is 0 Å². The predicted molar refractivity (Wildman–Crippen MR) is 375 cm³/mol. The van der Waals surface area contributed by atoms with Gasteiger partial charge in [0.2, 0.25) is 0 Å². The maximum Gasteiger partial charge on any atom is 0.0754 e. The summed E-state index contributed by atoms with van der Waals surface area (Å²) in [7, 11) is 0. The van der Waals surface area contributed by atoms with Crippen LogP contribution in [0.2, 0.25) is 0 Å². The van der Waals surface area contributed by atoms with Gasteiger partial charge in [-0.25, -0.2) is 0 Å². The van der Waals surface area contributed by atoms with Gasteiger partial charge in [0.25, 0.3) is 0 Å². The van der Waals surface area contributed by atoms with Crippen molar-refractivity contribution in [1.82, 2.24) is 0 Å². The highest BCUT2D eigenvalue weighted by Gasteiger charge is 2.54. The molecule has 2 nitrogen and oxygen atoms in total. The molecule has 0 atom stereocenters. The second-order valence-corrected chi connectivity index (χ2v) is 25.2. The smallest absolute Gasteiger partial charge is 0.0754 e. The number of rotatable bonds is 5. The lowest BCUT2D eigenvalue weighted by molar-refractivity contribution is 0.753. The Labute approximate surface area is 529 Å². The Bertz CT molecular complexity index is 5100. The number of hydrogen-bond acceptors (Lipinski definition) is 2. The largest absolute Gasteiger partial charge is 0.309 e. The Kier molecular flexibility index (Phi) is 10.4. The topological polar surface area (TPSA) is 6.48 Å². The molecular formula is C89H56N2. The molecule has 0 fully saturated rings. The SMILES string of the molecule is c1ccc(C2(c3ccccc3)c3ccccc3-c3cccc(-c4c5cccc(N6c7ccccc7C7(c8ccccc8-c8ccccc87)c7ccccc76)c5cc5c(N6c7ccccc7C7(c8ccccc8-c8ccccc87)c7ccccc76)cccc45)c32)cc1. The molecule has 0 bridgehead atoms. The number of benzene rings is 15. The zero-order chi connectivity index (χ0) is 59.6. The highest BCUT2D eigenvalue weighted by atomic mass is 15.2. The molecule has 2 aliphatic heterocycles. The monoisotopic (exact) mass is 1150 g/mol. The summed E-state index contributed by atoms with van der Waals surface area (Å²) in [6.45, 7) is 0. The molecule has 422 valence electrons. The highest BCUT2D eigenvalue weighted by molar-refractivity contribution is 6.21. The third-order valence-corrected chi connectivity index (χ3v) is 21.3. The zero-order valence-electron chi connectivity index (χ0n) is 49.7. The molecule has 2 heterocycles. The van der Waals surface area contributed by atoms with Crippen LogP contribution in [0.5, 0.6) is 0 Å². The van der Waals surface area contributed by atoms with Gasteiger partial charge in [-0.1, -0.05) is 297 Å². The van der Waals surface area contributed by atoms with Gasteiger partial charge in [-0.15, -0.1) is 0 Å².